The summed E-state index contributed by atoms with van der Waals surface area (Å²) in [5.74, 6) is 0. The molecule has 1 aromatic carbocycles. The van der Waals surface area contributed by atoms with E-state index in [0.717, 1.165) is 23.4 Å². The van der Waals surface area contributed by atoms with Crippen LogP contribution in [0.1, 0.15) is 38.2 Å². The lowest BCUT2D eigenvalue weighted by Crippen LogP contribution is -2.11. The van der Waals surface area contributed by atoms with Gasteiger partial charge in [0, 0.05) is 16.7 Å². The van der Waals surface area contributed by atoms with E-state index >= 15 is 0 Å². The highest BCUT2D eigenvalue weighted by Gasteiger charge is 2.17. The SMILES string of the molecule is CCNCc1ccc(SC2CCCC2)c(Cl)c1. The molecule has 0 unspecified atom stereocenters. The molecule has 1 aromatic rings. The Morgan fingerprint density at radius 1 is 1.35 bits per heavy atom. The van der Waals surface area contributed by atoms with Crippen molar-refractivity contribution in [3.05, 3.63) is 28.8 Å². The number of hydrogen-bond acceptors (Lipinski definition) is 2. The van der Waals surface area contributed by atoms with E-state index in [1.807, 2.05) is 11.8 Å². The molecule has 17 heavy (non-hydrogen) atoms. The maximum Gasteiger partial charge on any atom is 0.0545 e. The summed E-state index contributed by atoms with van der Waals surface area (Å²) in [6.45, 7) is 4.02. The second-order valence-corrected chi connectivity index (χ2v) is 6.32. The fourth-order valence-electron chi connectivity index (χ4n) is 2.20. The molecule has 2 rings (SSSR count). The Labute approximate surface area is 113 Å². The Kier molecular flexibility index (Phi) is 5.20. The third-order valence-electron chi connectivity index (χ3n) is 3.17. The summed E-state index contributed by atoms with van der Waals surface area (Å²) in [6, 6.07) is 6.46. The van der Waals surface area contributed by atoms with E-state index in [4.69, 9.17) is 11.6 Å². The maximum atomic E-state index is 6.34. The van der Waals surface area contributed by atoms with Crippen LogP contribution in [-0.4, -0.2) is 11.8 Å². The minimum absolute atomic E-state index is 0.784. The summed E-state index contributed by atoms with van der Waals surface area (Å²) in [7, 11) is 0. The minimum atomic E-state index is 0.784. The molecule has 0 heterocycles. The van der Waals surface area contributed by atoms with Crippen LogP contribution in [0.5, 0.6) is 0 Å². The number of benzene rings is 1. The average molecular weight is 270 g/mol. The van der Waals surface area contributed by atoms with Crippen molar-refractivity contribution in [3.63, 3.8) is 0 Å². The predicted octanol–water partition coefficient (Wildman–Crippen LogP) is 4.48. The molecule has 0 atom stereocenters. The second-order valence-electron chi connectivity index (χ2n) is 4.57. The minimum Gasteiger partial charge on any atom is -0.313 e. The largest absolute Gasteiger partial charge is 0.313 e. The molecular weight excluding hydrogens is 250 g/mol. The number of thioether (sulfide) groups is 1. The van der Waals surface area contributed by atoms with E-state index in [-0.39, 0.29) is 0 Å². The third-order valence-corrected chi connectivity index (χ3v) is 5.01. The van der Waals surface area contributed by atoms with Gasteiger partial charge in [-0.3, -0.25) is 0 Å². The molecule has 0 aliphatic heterocycles. The third kappa shape index (κ3) is 3.90. The first kappa shape index (κ1) is 13.3. The highest BCUT2D eigenvalue weighted by atomic mass is 35.5. The molecule has 1 saturated carbocycles. The van der Waals surface area contributed by atoms with Crippen molar-refractivity contribution in [1.29, 1.82) is 0 Å². The normalized spacial score (nSPS) is 16.6. The lowest BCUT2D eigenvalue weighted by atomic mass is 10.2. The van der Waals surface area contributed by atoms with Crippen molar-refractivity contribution in [2.75, 3.05) is 6.54 Å². The van der Waals surface area contributed by atoms with Gasteiger partial charge in [0.25, 0.3) is 0 Å². The zero-order valence-electron chi connectivity index (χ0n) is 10.3. The van der Waals surface area contributed by atoms with Gasteiger partial charge in [0.05, 0.1) is 5.02 Å². The lowest BCUT2D eigenvalue weighted by molar-refractivity contribution is 0.726. The zero-order valence-corrected chi connectivity index (χ0v) is 11.9. The molecular formula is C14H20ClNS. The first-order valence-corrected chi connectivity index (χ1v) is 7.71. The van der Waals surface area contributed by atoms with E-state index in [9.17, 15) is 0 Å². The van der Waals surface area contributed by atoms with E-state index in [1.54, 1.807) is 0 Å². The van der Waals surface area contributed by atoms with Gasteiger partial charge in [-0.2, -0.15) is 0 Å². The van der Waals surface area contributed by atoms with Crippen LogP contribution in [0, 0.1) is 0 Å². The Morgan fingerprint density at radius 3 is 2.76 bits per heavy atom. The van der Waals surface area contributed by atoms with Crippen LogP contribution in [-0.2, 0) is 6.54 Å². The predicted molar refractivity (Wildman–Crippen MR) is 76.9 cm³/mol. The Balaban J connectivity index is 1.98. The smallest absolute Gasteiger partial charge is 0.0545 e. The fraction of sp³-hybridized carbons (Fsp3) is 0.571. The van der Waals surface area contributed by atoms with Gasteiger partial charge in [-0.05, 0) is 37.1 Å². The molecule has 0 spiro atoms. The van der Waals surface area contributed by atoms with Gasteiger partial charge in [0.2, 0.25) is 0 Å². The van der Waals surface area contributed by atoms with Gasteiger partial charge in [-0.15, -0.1) is 11.8 Å². The highest BCUT2D eigenvalue weighted by Crippen LogP contribution is 2.38. The standard InChI is InChI=1S/C14H20ClNS/c1-2-16-10-11-7-8-14(13(15)9-11)17-12-5-3-4-6-12/h7-9,12,16H,2-6,10H2,1H3. The maximum absolute atomic E-state index is 6.34. The summed E-state index contributed by atoms with van der Waals surface area (Å²) in [5, 5.41) is 5.02. The van der Waals surface area contributed by atoms with Crippen LogP contribution >= 0.6 is 23.4 Å². The number of hydrogen-bond donors (Lipinski definition) is 1. The molecule has 1 nitrogen and oxygen atoms in total. The van der Waals surface area contributed by atoms with Gasteiger partial charge >= 0.3 is 0 Å². The zero-order chi connectivity index (χ0) is 12.1. The molecule has 1 aliphatic rings. The van der Waals surface area contributed by atoms with E-state index in [1.165, 1.54) is 36.1 Å². The summed E-state index contributed by atoms with van der Waals surface area (Å²) >= 11 is 8.30. The van der Waals surface area contributed by atoms with Crippen LogP contribution in [0.2, 0.25) is 5.02 Å². The number of rotatable bonds is 5. The van der Waals surface area contributed by atoms with Crippen LogP contribution in [0.25, 0.3) is 0 Å². The monoisotopic (exact) mass is 269 g/mol. The average Bonchev–Trinajstić information content (AvgIpc) is 2.82. The van der Waals surface area contributed by atoms with Crippen molar-refractivity contribution >= 4 is 23.4 Å². The van der Waals surface area contributed by atoms with Crippen molar-refractivity contribution in [3.8, 4) is 0 Å². The van der Waals surface area contributed by atoms with Crippen LogP contribution < -0.4 is 5.32 Å². The Hall–Kier alpha value is -0.180. The van der Waals surface area contributed by atoms with Gasteiger partial charge < -0.3 is 5.32 Å². The molecule has 0 radical (unpaired) electrons. The molecule has 1 N–H and O–H groups in total. The molecule has 0 aromatic heterocycles. The van der Waals surface area contributed by atoms with Crippen LogP contribution in [0.15, 0.2) is 23.1 Å². The van der Waals surface area contributed by atoms with Crippen molar-refractivity contribution in [1.82, 2.24) is 5.32 Å². The van der Waals surface area contributed by atoms with Crippen molar-refractivity contribution in [2.45, 2.75) is 49.3 Å². The van der Waals surface area contributed by atoms with Gasteiger partial charge in [-0.25, -0.2) is 0 Å². The molecule has 94 valence electrons. The summed E-state index contributed by atoms with van der Waals surface area (Å²) in [5.41, 5.74) is 1.27. The molecule has 1 aliphatic carbocycles. The molecule has 0 amide bonds. The van der Waals surface area contributed by atoms with E-state index in [0.29, 0.717) is 0 Å². The van der Waals surface area contributed by atoms with Gasteiger partial charge in [0.15, 0.2) is 0 Å². The van der Waals surface area contributed by atoms with Gasteiger partial charge in [-0.1, -0.05) is 37.4 Å². The summed E-state index contributed by atoms with van der Waals surface area (Å²) < 4.78 is 0. The van der Waals surface area contributed by atoms with E-state index in [2.05, 4.69) is 30.4 Å². The first-order valence-electron chi connectivity index (χ1n) is 6.45. The van der Waals surface area contributed by atoms with Crippen LogP contribution in [0.4, 0.5) is 0 Å². The Bertz CT molecular complexity index is 361. The highest BCUT2D eigenvalue weighted by molar-refractivity contribution is 8.00. The summed E-state index contributed by atoms with van der Waals surface area (Å²) in [6.07, 6.45) is 5.46. The molecule has 0 saturated heterocycles. The van der Waals surface area contributed by atoms with Gasteiger partial charge in [0.1, 0.15) is 0 Å². The fourth-order valence-corrected chi connectivity index (χ4v) is 3.79. The first-order chi connectivity index (χ1) is 8.29. The lowest BCUT2D eigenvalue weighted by Gasteiger charge is -2.11. The Morgan fingerprint density at radius 2 is 2.12 bits per heavy atom. The molecule has 0 bridgehead atoms. The van der Waals surface area contributed by atoms with Crippen molar-refractivity contribution in [2.24, 2.45) is 0 Å². The second kappa shape index (κ2) is 6.67. The van der Waals surface area contributed by atoms with Crippen LogP contribution in [0.3, 0.4) is 0 Å². The van der Waals surface area contributed by atoms with E-state index < -0.39 is 0 Å². The summed E-state index contributed by atoms with van der Waals surface area (Å²) in [4.78, 5) is 1.25. The van der Waals surface area contributed by atoms with Crippen molar-refractivity contribution < 1.29 is 0 Å². The number of nitrogens with one attached hydrogen (secondary N) is 1. The molecule has 3 heteroatoms. The molecule has 1 fully saturated rings. The topological polar surface area (TPSA) is 12.0 Å². The number of halogens is 1. The quantitative estimate of drug-likeness (QED) is 0.846.